The van der Waals surface area contributed by atoms with E-state index >= 15 is 0 Å². The average Bonchev–Trinajstić information content (AvgIpc) is 2.36. The molecule has 11 heavy (non-hydrogen) atoms. The fraction of sp³-hybridized carbons (Fsp3) is 0.625. The summed E-state index contributed by atoms with van der Waals surface area (Å²) in [6.45, 7) is 2.06. The van der Waals surface area contributed by atoms with Crippen molar-refractivity contribution >= 4 is 18.0 Å². The lowest BCUT2D eigenvalue weighted by Gasteiger charge is -2.05. The maximum absolute atomic E-state index is 11.1. The zero-order valence-corrected chi connectivity index (χ0v) is 7.61. The Labute approximate surface area is 71.2 Å². The molecule has 0 aromatic carbocycles. The lowest BCUT2D eigenvalue weighted by Crippen LogP contribution is -2.07. The molecule has 1 unspecified atom stereocenters. The zero-order chi connectivity index (χ0) is 8.27. The van der Waals surface area contributed by atoms with Crippen LogP contribution >= 0.6 is 12.0 Å². The summed E-state index contributed by atoms with van der Waals surface area (Å²) in [6.07, 6.45) is 5.82. The summed E-state index contributed by atoms with van der Waals surface area (Å²) in [5.41, 5.74) is 0.847. The summed E-state index contributed by atoms with van der Waals surface area (Å²) in [5, 5.41) is 0. The van der Waals surface area contributed by atoms with Gasteiger partial charge >= 0.3 is 5.97 Å². The van der Waals surface area contributed by atoms with Crippen LogP contribution in [0.5, 0.6) is 0 Å². The van der Waals surface area contributed by atoms with Crippen molar-refractivity contribution in [3.8, 4) is 0 Å². The van der Waals surface area contributed by atoms with Gasteiger partial charge in [-0.25, -0.2) is 4.79 Å². The molecule has 0 saturated carbocycles. The van der Waals surface area contributed by atoms with E-state index in [1.54, 1.807) is 6.26 Å². The summed E-state index contributed by atoms with van der Waals surface area (Å²) in [6, 6.07) is 0. The molecule has 0 amide bonds. The highest BCUT2D eigenvalue weighted by Gasteiger charge is 2.21. The normalized spacial score (nSPS) is 23.1. The van der Waals surface area contributed by atoms with Crippen molar-refractivity contribution in [1.82, 2.24) is 0 Å². The van der Waals surface area contributed by atoms with E-state index in [0.717, 1.165) is 30.5 Å². The highest BCUT2D eigenvalue weighted by Crippen LogP contribution is 2.26. The predicted octanol–water partition coefficient (Wildman–Crippen LogP) is 2.16. The maximum atomic E-state index is 11.1. The van der Waals surface area contributed by atoms with Crippen LogP contribution in [0.3, 0.4) is 0 Å². The van der Waals surface area contributed by atoms with Crippen LogP contribution in [0.15, 0.2) is 11.6 Å². The van der Waals surface area contributed by atoms with Gasteiger partial charge in [-0.05, 0) is 18.8 Å². The van der Waals surface area contributed by atoms with Gasteiger partial charge in [-0.2, -0.15) is 0 Å². The fourth-order valence-corrected chi connectivity index (χ4v) is 1.50. The number of hydrogen-bond donors (Lipinski definition) is 0. The highest BCUT2D eigenvalue weighted by molar-refractivity contribution is 7.94. The Morgan fingerprint density at radius 3 is 3.00 bits per heavy atom. The molecule has 0 aromatic heterocycles. The minimum Gasteiger partial charge on any atom is -0.388 e. The van der Waals surface area contributed by atoms with Gasteiger partial charge in [0.2, 0.25) is 0 Å². The van der Waals surface area contributed by atoms with Crippen LogP contribution < -0.4 is 0 Å². The van der Waals surface area contributed by atoms with Gasteiger partial charge in [0.05, 0.1) is 12.0 Å². The van der Waals surface area contributed by atoms with Crippen molar-refractivity contribution in [3.63, 3.8) is 0 Å². The van der Waals surface area contributed by atoms with Gasteiger partial charge in [-0.3, -0.25) is 0 Å². The second kappa shape index (κ2) is 3.81. The highest BCUT2D eigenvalue weighted by atomic mass is 32.2. The van der Waals surface area contributed by atoms with E-state index in [4.69, 9.17) is 4.18 Å². The molecule has 0 aromatic rings. The lowest BCUT2D eigenvalue weighted by atomic mass is 10.1. The van der Waals surface area contributed by atoms with E-state index in [0.29, 0.717) is 5.92 Å². The molecule has 2 nitrogen and oxygen atoms in total. The Balaban J connectivity index is 2.52. The predicted molar refractivity (Wildman–Crippen MR) is 46.1 cm³/mol. The number of carbonyl (C=O) groups is 1. The molecule has 0 saturated heterocycles. The lowest BCUT2D eigenvalue weighted by molar-refractivity contribution is -0.129. The van der Waals surface area contributed by atoms with Crippen LogP contribution in [0.4, 0.5) is 0 Å². The van der Waals surface area contributed by atoms with Crippen molar-refractivity contribution in [2.75, 3.05) is 6.26 Å². The molecule has 0 heterocycles. The van der Waals surface area contributed by atoms with Crippen molar-refractivity contribution in [1.29, 1.82) is 0 Å². The number of allylic oxidation sites excluding steroid dienone is 1. The molecular weight excluding hydrogens is 160 g/mol. The van der Waals surface area contributed by atoms with Crippen molar-refractivity contribution in [2.24, 2.45) is 5.92 Å². The van der Waals surface area contributed by atoms with Crippen molar-refractivity contribution < 1.29 is 8.98 Å². The molecular formula is C8H12O2S. The van der Waals surface area contributed by atoms with Crippen molar-refractivity contribution in [2.45, 2.75) is 19.8 Å². The maximum Gasteiger partial charge on any atom is 0.345 e. The third-order valence-electron chi connectivity index (χ3n) is 1.89. The van der Waals surface area contributed by atoms with E-state index < -0.39 is 0 Å². The molecule has 1 atom stereocenters. The molecule has 3 heteroatoms. The quantitative estimate of drug-likeness (QED) is 0.597. The molecule has 1 rings (SSSR count). The van der Waals surface area contributed by atoms with E-state index in [9.17, 15) is 4.79 Å². The van der Waals surface area contributed by atoms with E-state index in [1.807, 2.05) is 6.08 Å². The van der Waals surface area contributed by atoms with Crippen LogP contribution in [0, 0.1) is 5.92 Å². The molecule has 1 aliphatic rings. The molecule has 0 bridgehead atoms. The van der Waals surface area contributed by atoms with E-state index in [1.165, 1.54) is 0 Å². The van der Waals surface area contributed by atoms with Crippen LogP contribution in [-0.4, -0.2) is 12.2 Å². The smallest absolute Gasteiger partial charge is 0.345 e. The minimum absolute atomic E-state index is 0.164. The van der Waals surface area contributed by atoms with Crippen LogP contribution in [-0.2, 0) is 8.98 Å². The molecule has 0 radical (unpaired) electrons. The Hall–Kier alpha value is -0.440. The van der Waals surface area contributed by atoms with Gasteiger partial charge in [0.1, 0.15) is 0 Å². The Bertz CT molecular complexity index is 187. The Kier molecular flexibility index (Phi) is 3.00. The number of hydrogen-bond acceptors (Lipinski definition) is 3. The second-order valence-corrected chi connectivity index (χ2v) is 3.18. The molecule has 0 spiro atoms. The monoisotopic (exact) mass is 172 g/mol. The standard InChI is InChI=1S/C8H12O2S/c1-6-4-3-5-7(6)8(9)10-11-2/h5-6H,3-4H2,1-2H3. The molecule has 0 fully saturated rings. The summed E-state index contributed by atoms with van der Waals surface area (Å²) < 4.78 is 4.81. The SMILES string of the molecule is CSOC(=O)C1=CCCC1C. The minimum atomic E-state index is -0.164. The van der Waals surface area contributed by atoms with E-state index in [2.05, 4.69) is 6.92 Å². The van der Waals surface area contributed by atoms with Crippen LogP contribution in [0.1, 0.15) is 19.8 Å². The van der Waals surface area contributed by atoms with Gasteiger partial charge in [0.25, 0.3) is 0 Å². The van der Waals surface area contributed by atoms with Crippen molar-refractivity contribution in [3.05, 3.63) is 11.6 Å². The first-order valence-corrected chi connectivity index (χ1v) is 4.85. The van der Waals surface area contributed by atoms with Gasteiger partial charge in [0, 0.05) is 11.8 Å². The molecule has 1 aliphatic carbocycles. The Morgan fingerprint density at radius 1 is 1.82 bits per heavy atom. The first-order valence-electron chi connectivity index (χ1n) is 3.70. The summed E-state index contributed by atoms with van der Waals surface area (Å²) in [5.74, 6) is 0.220. The van der Waals surface area contributed by atoms with Gasteiger partial charge in [-0.15, -0.1) is 0 Å². The first-order chi connectivity index (χ1) is 5.25. The Morgan fingerprint density at radius 2 is 2.55 bits per heavy atom. The van der Waals surface area contributed by atoms with Gasteiger partial charge < -0.3 is 4.18 Å². The first kappa shape index (κ1) is 8.65. The summed E-state index contributed by atoms with van der Waals surface area (Å²) in [7, 11) is 0. The summed E-state index contributed by atoms with van der Waals surface area (Å²) >= 11 is 1.11. The molecule has 0 aliphatic heterocycles. The number of carbonyl (C=O) groups excluding carboxylic acids is 1. The second-order valence-electron chi connectivity index (χ2n) is 2.68. The third kappa shape index (κ3) is 1.99. The number of rotatable bonds is 2. The van der Waals surface area contributed by atoms with E-state index in [-0.39, 0.29) is 5.97 Å². The third-order valence-corrected chi connectivity index (χ3v) is 2.21. The van der Waals surface area contributed by atoms with Gasteiger partial charge in [-0.1, -0.05) is 13.0 Å². The molecule has 0 N–H and O–H groups in total. The van der Waals surface area contributed by atoms with Gasteiger partial charge in [0.15, 0.2) is 0 Å². The average molecular weight is 172 g/mol. The zero-order valence-electron chi connectivity index (χ0n) is 6.79. The topological polar surface area (TPSA) is 26.3 Å². The molecule has 62 valence electrons. The largest absolute Gasteiger partial charge is 0.388 e. The van der Waals surface area contributed by atoms with Crippen LogP contribution in [0.2, 0.25) is 0 Å². The fourth-order valence-electron chi connectivity index (χ4n) is 1.25. The van der Waals surface area contributed by atoms with Crippen LogP contribution in [0.25, 0.3) is 0 Å². The summed E-state index contributed by atoms with van der Waals surface area (Å²) in [4.78, 5) is 11.1.